The molecule has 10 atom stereocenters. The molecule has 0 aromatic rings. The van der Waals surface area contributed by atoms with Crippen LogP contribution >= 0.6 is 0 Å². The second-order valence-electron chi connectivity index (χ2n) is 16.7. The largest absolute Gasteiger partial charge is 0.463 e. The van der Waals surface area contributed by atoms with Gasteiger partial charge in [-0.05, 0) is 80.6 Å². The molecule has 0 aromatic carbocycles. The third kappa shape index (κ3) is 9.76. The number of likely N-dealkylation sites (tertiary alicyclic amines) is 1. The maximum atomic E-state index is 14.3. The van der Waals surface area contributed by atoms with Gasteiger partial charge in [0, 0.05) is 63.8 Å². The molecule has 3 rings (SSSR count). The average Bonchev–Trinajstić information content (AvgIpc) is 2.95. The van der Waals surface area contributed by atoms with Gasteiger partial charge in [-0.3, -0.25) is 19.4 Å². The van der Waals surface area contributed by atoms with E-state index in [2.05, 4.69) is 30.6 Å². The number of cyclic esters (lactones) is 1. The molecule has 2 N–H and O–H groups in total. The van der Waals surface area contributed by atoms with Crippen LogP contribution < -0.4 is 0 Å². The molecule has 48 heavy (non-hydrogen) atoms. The lowest BCUT2D eigenvalue weighted by Gasteiger charge is -2.50. The predicted molar refractivity (Wildman–Crippen MR) is 185 cm³/mol. The van der Waals surface area contributed by atoms with Crippen LogP contribution in [-0.4, -0.2) is 165 Å². The van der Waals surface area contributed by atoms with Crippen LogP contribution in [0, 0.1) is 29.1 Å². The van der Waals surface area contributed by atoms with E-state index >= 15 is 0 Å². The van der Waals surface area contributed by atoms with Crippen molar-refractivity contribution < 1.29 is 38.7 Å². The molecule has 3 fully saturated rings. The number of Topliss-reactive ketones (excluding diaryl/α,β-unsaturated/α-hetero) is 1. The highest BCUT2D eigenvalue weighted by atomic mass is 16.7. The summed E-state index contributed by atoms with van der Waals surface area (Å²) in [6.45, 7) is 19.1. The minimum atomic E-state index is -1.46. The Morgan fingerprint density at radius 2 is 1.67 bits per heavy atom. The molecule has 0 bridgehead atoms. The molecule has 0 spiro atoms. The lowest BCUT2D eigenvalue weighted by molar-refractivity contribution is -0.295. The normalized spacial score (nSPS) is 37.5. The molecular weight excluding hydrogens is 616 g/mol. The third-order valence-electron chi connectivity index (χ3n) is 10.8. The average molecular weight is 685 g/mol. The summed E-state index contributed by atoms with van der Waals surface area (Å²) in [6, 6.07) is -0.270. The number of esters is 1. The van der Waals surface area contributed by atoms with Crippen LogP contribution in [-0.2, 0) is 28.5 Å². The van der Waals surface area contributed by atoms with E-state index in [0.717, 1.165) is 13.1 Å². The number of ketones is 1. The van der Waals surface area contributed by atoms with Crippen molar-refractivity contribution in [3.05, 3.63) is 0 Å². The number of aliphatic hydroxyl groups excluding tert-OH is 2. The minimum absolute atomic E-state index is 0.0817. The van der Waals surface area contributed by atoms with Crippen molar-refractivity contribution in [1.82, 2.24) is 19.6 Å². The van der Waals surface area contributed by atoms with E-state index in [4.69, 9.17) is 18.9 Å². The molecule has 0 saturated carbocycles. The van der Waals surface area contributed by atoms with Crippen molar-refractivity contribution in [1.29, 1.82) is 0 Å². The Morgan fingerprint density at radius 3 is 2.21 bits per heavy atom. The second kappa shape index (κ2) is 16.9. The summed E-state index contributed by atoms with van der Waals surface area (Å²) >= 11 is 0. The van der Waals surface area contributed by atoms with Gasteiger partial charge in [0.15, 0.2) is 12.1 Å². The molecule has 3 aliphatic rings. The first-order valence-electron chi connectivity index (χ1n) is 17.9. The van der Waals surface area contributed by atoms with Crippen LogP contribution in [0.1, 0.15) is 68.2 Å². The monoisotopic (exact) mass is 685 g/mol. The topological polar surface area (TPSA) is 124 Å². The van der Waals surface area contributed by atoms with Gasteiger partial charge in [0.1, 0.15) is 24.4 Å². The molecule has 3 saturated heterocycles. The van der Waals surface area contributed by atoms with E-state index in [1.165, 1.54) is 0 Å². The van der Waals surface area contributed by atoms with Gasteiger partial charge < -0.3 is 39.0 Å². The first kappa shape index (κ1) is 41.2. The van der Waals surface area contributed by atoms with Crippen molar-refractivity contribution in [3.8, 4) is 0 Å². The second-order valence-corrected chi connectivity index (χ2v) is 16.7. The standard InChI is InChI=1S/C36H68N4O8/c1-22(2)16-39-17-23(3)15-36(8,45-13)32(48-33-30(42)27(38(11)12)14-24(4)47-33)25(5)31(43)35(6,7)34(44)46-21-28(39)26-18-40(19-26)29(41)20-37(9)10/h22-30,32-33,41-42H,14-21H2,1-13H3/t23-,24-,25+,27+,28+,29?,30-,32-,33+,36-/m1/s1. The maximum absolute atomic E-state index is 14.3. The number of carbonyl (C=O) groups excluding carboxylic acids is 2. The first-order chi connectivity index (χ1) is 22.2. The van der Waals surface area contributed by atoms with Crippen LogP contribution in [0.3, 0.4) is 0 Å². The Morgan fingerprint density at radius 1 is 1.04 bits per heavy atom. The molecule has 0 aliphatic carbocycles. The van der Waals surface area contributed by atoms with Gasteiger partial charge in [-0.1, -0.05) is 27.7 Å². The Labute approximate surface area is 290 Å². The summed E-state index contributed by atoms with van der Waals surface area (Å²) < 4.78 is 25.2. The third-order valence-corrected chi connectivity index (χ3v) is 10.8. The van der Waals surface area contributed by atoms with E-state index in [1.54, 1.807) is 27.9 Å². The molecule has 0 amide bonds. The zero-order valence-corrected chi connectivity index (χ0v) is 32.1. The SMILES string of the molecule is CO[C@]1(C)C[C@@H](C)CN(CC(C)C)[C@H](C2CN(C(O)CN(C)C)C2)COC(=O)C(C)(C)C(=O)[C@H](C)[C@H]1O[C@@H]1O[C@H](C)C[C@H](N(C)C)[C@H]1O. The Hall–Kier alpha value is -1.22. The Bertz CT molecular complexity index is 1050. The van der Waals surface area contributed by atoms with Gasteiger partial charge in [0.05, 0.1) is 17.8 Å². The highest BCUT2D eigenvalue weighted by Gasteiger charge is 2.52. The van der Waals surface area contributed by atoms with Crippen LogP contribution in [0.5, 0.6) is 0 Å². The Balaban J connectivity index is 2.00. The molecule has 3 aliphatic heterocycles. The zero-order chi connectivity index (χ0) is 36.3. The van der Waals surface area contributed by atoms with Gasteiger partial charge in [-0.15, -0.1) is 0 Å². The van der Waals surface area contributed by atoms with Crippen molar-refractivity contribution in [2.45, 2.75) is 117 Å². The highest BCUT2D eigenvalue weighted by Crippen LogP contribution is 2.39. The summed E-state index contributed by atoms with van der Waals surface area (Å²) in [6.07, 6.45) is -2.28. The molecule has 12 heteroatoms. The molecule has 280 valence electrons. The van der Waals surface area contributed by atoms with Crippen LogP contribution in [0.15, 0.2) is 0 Å². The number of aliphatic hydroxyl groups is 2. The van der Waals surface area contributed by atoms with E-state index in [0.29, 0.717) is 38.4 Å². The summed E-state index contributed by atoms with van der Waals surface area (Å²) in [7, 11) is 9.37. The van der Waals surface area contributed by atoms with Gasteiger partial charge >= 0.3 is 5.97 Å². The summed E-state index contributed by atoms with van der Waals surface area (Å²) in [5.41, 5.74) is -2.41. The van der Waals surface area contributed by atoms with E-state index in [1.807, 2.05) is 51.8 Å². The summed E-state index contributed by atoms with van der Waals surface area (Å²) in [5, 5.41) is 22.1. The maximum Gasteiger partial charge on any atom is 0.319 e. The first-order valence-corrected chi connectivity index (χ1v) is 17.9. The number of ether oxygens (including phenoxy) is 4. The summed E-state index contributed by atoms with van der Waals surface area (Å²) in [5.74, 6) is -1.01. The number of nitrogens with zero attached hydrogens (tertiary/aromatic N) is 4. The van der Waals surface area contributed by atoms with Gasteiger partial charge in [0.25, 0.3) is 0 Å². The molecular formula is C36H68N4O8. The number of carbonyl (C=O) groups is 2. The molecule has 12 nitrogen and oxygen atoms in total. The van der Waals surface area contributed by atoms with Gasteiger partial charge in [-0.25, -0.2) is 0 Å². The molecule has 0 aromatic heterocycles. The fraction of sp³-hybridized carbons (Fsp3) is 0.944. The van der Waals surface area contributed by atoms with E-state index in [-0.39, 0.29) is 42.4 Å². The quantitative estimate of drug-likeness (QED) is 0.259. The van der Waals surface area contributed by atoms with Crippen molar-refractivity contribution >= 4 is 11.8 Å². The number of hydrogen-bond donors (Lipinski definition) is 2. The Kier molecular flexibility index (Phi) is 14.5. The lowest BCUT2D eigenvalue weighted by atomic mass is 9.74. The van der Waals surface area contributed by atoms with Crippen LogP contribution in [0.2, 0.25) is 0 Å². The molecule has 0 radical (unpaired) electrons. The smallest absolute Gasteiger partial charge is 0.319 e. The molecule has 1 unspecified atom stereocenters. The van der Waals surface area contributed by atoms with Gasteiger partial charge in [-0.2, -0.15) is 0 Å². The summed E-state index contributed by atoms with van der Waals surface area (Å²) in [4.78, 5) is 36.6. The highest BCUT2D eigenvalue weighted by molar-refractivity contribution is 6.04. The number of hydrogen-bond acceptors (Lipinski definition) is 12. The lowest BCUT2D eigenvalue weighted by Crippen LogP contribution is -2.62. The van der Waals surface area contributed by atoms with Crippen molar-refractivity contribution in [3.63, 3.8) is 0 Å². The van der Waals surface area contributed by atoms with Crippen LogP contribution in [0.4, 0.5) is 0 Å². The number of methoxy groups -OCH3 is 1. The van der Waals surface area contributed by atoms with E-state index < -0.39 is 47.6 Å². The van der Waals surface area contributed by atoms with E-state index in [9.17, 15) is 19.8 Å². The number of likely N-dealkylation sites (N-methyl/N-ethyl adjacent to an activating group) is 2. The number of rotatable bonds is 10. The van der Waals surface area contributed by atoms with Crippen molar-refractivity contribution in [2.75, 3.05) is 74.6 Å². The van der Waals surface area contributed by atoms with Gasteiger partial charge in [0.2, 0.25) is 0 Å². The predicted octanol–water partition coefficient (Wildman–Crippen LogP) is 2.16. The fourth-order valence-corrected chi connectivity index (χ4v) is 8.04. The van der Waals surface area contributed by atoms with Crippen LogP contribution in [0.25, 0.3) is 0 Å². The minimum Gasteiger partial charge on any atom is -0.463 e. The zero-order valence-electron chi connectivity index (χ0n) is 32.1. The van der Waals surface area contributed by atoms with Crippen molar-refractivity contribution in [2.24, 2.45) is 29.1 Å². The molecule has 3 heterocycles. The fourth-order valence-electron chi connectivity index (χ4n) is 8.04.